The molecular formula is C39H42N2O4. The molecule has 2 aliphatic rings. The second kappa shape index (κ2) is 12.9. The van der Waals surface area contributed by atoms with Crippen LogP contribution < -0.4 is 20.1 Å². The maximum absolute atomic E-state index is 14.1. The second-order valence-electron chi connectivity index (χ2n) is 13.0. The third kappa shape index (κ3) is 6.98. The van der Waals surface area contributed by atoms with Gasteiger partial charge in [0.05, 0.1) is 17.7 Å². The highest BCUT2D eigenvalue weighted by atomic mass is 16.5. The number of benzene rings is 4. The Morgan fingerprint density at radius 3 is 2.40 bits per heavy atom. The number of hydrogen-bond acceptors (Lipinski definition) is 5. The molecule has 3 atom stereocenters. The first kappa shape index (κ1) is 30.6. The van der Waals surface area contributed by atoms with E-state index in [0.29, 0.717) is 41.5 Å². The van der Waals surface area contributed by atoms with Crippen molar-refractivity contribution in [2.45, 2.75) is 70.2 Å². The molecule has 0 fully saturated rings. The van der Waals surface area contributed by atoms with Gasteiger partial charge in [-0.2, -0.15) is 0 Å². The number of carbonyl (C=O) groups excluding carboxylic acids is 1. The Hall–Kier alpha value is -4.39. The fourth-order valence-electron chi connectivity index (χ4n) is 6.23. The average molecular weight is 603 g/mol. The van der Waals surface area contributed by atoms with Crippen LogP contribution >= 0.6 is 0 Å². The SMILES string of the molecule is CC(C)c1ccc2c(c1)C(NC[C@@H](O)[C@H](Cc1ccccc1)NC(=O)C1=Cc3ccccc3Oc3ccccc31)CC(C)(C)O2. The highest BCUT2D eigenvalue weighted by Crippen LogP contribution is 2.41. The van der Waals surface area contributed by atoms with Gasteiger partial charge in [-0.25, -0.2) is 0 Å². The van der Waals surface area contributed by atoms with Gasteiger partial charge in [0.1, 0.15) is 22.8 Å². The van der Waals surface area contributed by atoms with Crippen LogP contribution in [0.4, 0.5) is 0 Å². The van der Waals surface area contributed by atoms with Crippen molar-refractivity contribution in [3.63, 3.8) is 0 Å². The van der Waals surface area contributed by atoms with Gasteiger partial charge in [0.25, 0.3) is 5.91 Å². The molecule has 0 aliphatic carbocycles. The van der Waals surface area contributed by atoms with E-state index in [1.54, 1.807) is 0 Å². The minimum Gasteiger partial charge on any atom is -0.487 e. The number of para-hydroxylation sites is 2. The van der Waals surface area contributed by atoms with Crippen LogP contribution in [0.2, 0.25) is 0 Å². The minimum atomic E-state index is -0.859. The van der Waals surface area contributed by atoms with Gasteiger partial charge < -0.3 is 25.2 Å². The van der Waals surface area contributed by atoms with Crippen molar-refractivity contribution in [3.05, 3.63) is 125 Å². The van der Waals surface area contributed by atoms with E-state index in [4.69, 9.17) is 9.47 Å². The average Bonchev–Trinajstić information content (AvgIpc) is 3.20. The summed E-state index contributed by atoms with van der Waals surface area (Å²) in [4.78, 5) is 14.1. The van der Waals surface area contributed by atoms with Gasteiger partial charge in [-0.15, -0.1) is 0 Å². The molecule has 2 heterocycles. The first-order valence-corrected chi connectivity index (χ1v) is 15.8. The van der Waals surface area contributed by atoms with E-state index < -0.39 is 12.1 Å². The summed E-state index contributed by atoms with van der Waals surface area (Å²) in [5.41, 5.74) is 5.06. The summed E-state index contributed by atoms with van der Waals surface area (Å²) < 4.78 is 12.5. The standard InChI is InChI=1S/C39H42N2O4/c1-25(2)27-18-19-37-31(21-27)33(23-39(3,4)45-37)40-24-34(42)32(20-26-12-6-5-7-13-26)41-38(43)30-22-28-14-8-10-16-35(28)44-36-17-11-9-15-29(30)36/h5-19,21-22,25,32-34,40,42H,20,23-24H2,1-4H3,(H,41,43)/t32-,33?,34+/m0/s1. The zero-order valence-electron chi connectivity index (χ0n) is 26.4. The molecule has 0 aromatic heterocycles. The van der Waals surface area contributed by atoms with Gasteiger partial charge in [0.2, 0.25) is 0 Å². The lowest BCUT2D eigenvalue weighted by Crippen LogP contribution is -2.50. The van der Waals surface area contributed by atoms with Crippen molar-refractivity contribution in [2.24, 2.45) is 0 Å². The molecule has 4 aromatic carbocycles. The molecule has 0 saturated carbocycles. The van der Waals surface area contributed by atoms with E-state index in [2.05, 4.69) is 56.5 Å². The monoisotopic (exact) mass is 602 g/mol. The summed E-state index contributed by atoms with van der Waals surface area (Å²) in [5.74, 6) is 2.31. The van der Waals surface area contributed by atoms with Gasteiger partial charge in [0.15, 0.2) is 0 Å². The summed E-state index contributed by atoms with van der Waals surface area (Å²) in [6.45, 7) is 8.86. The lowest BCUT2D eigenvalue weighted by molar-refractivity contribution is -0.117. The summed E-state index contributed by atoms with van der Waals surface area (Å²) in [6.07, 6.45) is 2.24. The number of amides is 1. The number of carbonyl (C=O) groups is 1. The number of fused-ring (bicyclic) bond motifs is 3. The van der Waals surface area contributed by atoms with Gasteiger partial charge in [-0.05, 0) is 61.6 Å². The zero-order chi connectivity index (χ0) is 31.6. The fourth-order valence-corrected chi connectivity index (χ4v) is 6.23. The zero-order valence-corrected chi connectivity index (χ0v) is 26.4. The van der Waals surface area contributed by atoms with Crippen LogP contribution in [0, 0.1) is 0 Å². The summed E-state index contributed by atoms with van der Waals surface area (Å²) >= 11 is 0. The molecule has 4 aromatic rings. The molecule has 0 radical (unpaired) electrons. The van der Waals surface area contributed by atoms with Crippen LogP contribution in [-0.4, -0.2) is 35.3 Å². The van der Waals surface area contributed by atoms with Gasteiger partial charge in [-0.1, -0.05) is 92.7 Å². The molecule has 6 heteroatoms. The maximum Gasteiger partial charge on any atom is 0.252 e. The quantitative estimate of drug-likeness (QED) is 0.186. The number of aliphatic hydroxyl groups excluding tert-OH is 1. The molecular weight excluding hydrogens is 560 g/mol. The van der Waals surface area contributed by atoms with Crippen LogP contribution in [0.5, 0.6) is 17.2 Å². The Kier molecular flexibility index (Phi) is 8.79. The van der Waals surface area contributed by atoms with Crippen molar-refractivity contribution in [3.8, 4) is 17.2 Å². The largest absolute Gasteiger partial charge is 0.487 e. The van der Waals surface area contributed by atoms with Crippen molar-refractivity contribution in [1.29, 1.82) is 0 Å². The molecule has 0 spiro atoms. The molecule has 232 valence electrons. The van der Waals surface area contributed by atoms with Crippen LogP contribution in [0.15, 0.2) is 97.1 Å². The topological polar surface area (TPSA) is 79.8 Å². The van der Waals surface area contributed by atoms with Gasteiger partial charge >= 0.3 is 0 Å². The summed E-state index contributed by atoms with van der Waals surface area (Å²) in [7, 11) is 0. The molecule has 1 unspecified atom stereocenters. The van der Waals surface area contributed by atoms with E-state index >= 15 is 0 Å². The lowest BCUT2D eigenvalue weighted by Gasteiger charge is -2.39. The Morgan fingerprint density at radius 1 is 0.911 bits per heavy atom. The van der Waals surface area contributed by atoms with E-state index in [9.17, 15) is 9.90 Å². The molecule has 3 N–H and O–H groups in total. The number of rotatable bonds is 9. The van der Waals surface area contributed by atoms with Crippen LogP contribution in [0.1, 0.15) is 73.9 Å². The molecule has 0 saturated heterocycles. The van der Waals surface area contributed by atoms with Crippen molar-refractivity contribution in [1.82, 2.24) is 10.6 Å². The molecule has 1 amide bonds. The second-order valence-corrected chi connectivity index (χ2v) is 13.0. The fraction of sp³-hybridized carbons (Fsp3) is 0.308. The predicted molar refractivity (Wildman–Crippen MR) is 180 cm³/mol. The lowest BCUT2D eigenvalue weighted by atomic mass is 9.87. The predicted octanol–water partition coefficient (Wildman–Crippen LogP) is 7.44. The van der Waals surface area contributed by atoms with E-state index in [1.165, 1.54) is 5.56 Å². The number of ether oxygens (including phenoxy) is 2. The minimum absolute atomic E-state index is 0.00438. The summed E-state index contributed by atoms with van der Waals surface area (Å²) in [6, 6.07) is 31.1. The first-order chi connectivity index (χ1) is 21.7. The van der Waals surface area contributed by atoms with Crippen molar-refractivity contribution >= 4 is 17.6 Å². The Labute approximate surface area is 266 Å². The van der Waals surface area contributed by atoms with Crippen LogP contribution in [-0.2, 0) is 11.2 Å². The number of hydrogen-bond donors (Lipinski definition) is 3. The highest BCUT2D eigenvalue weighted by molar-refractivity contribution is 6.25. The van der Waals surface area contributed by atoms with E-state index in [-0.39, 0.29) is 17.6 Å². The Balaban J connectivity index is 1.26. The smallest absolute Gasteiger partial charge is 0.252 e. The highest BCUT2D eigenvalue weighted by Gasteiger charge is 2.35. The van der Waals surface area contributed by atoms with Crippen LogP contribution in [0.25, 0.3) is 11.6 Å². The van der Waals surface area contributed by atoms with Gasteiger partial charge in [-0.3, -0.25) is 4.79 Å². The molecule has 6 rings (SSSR count). The van der Waals surface area contributed by atoms with E-state index in [1.807, 2.05) is 84.9 Å². The number of nitrogens with one attached hydrogen (secondary N) is 2. The van der Waals surface area contributed by atoms with E-state index in [0.717, 1.165) is 28.9 Å². The summed E-state index contributed by atoms with van der Waals surface area (Å²) in [5, 5.41) is 18.6. The number of aliphatic hydroxyl groups is 1. The van der Waals surface area contributed by atoms with Gasteiger partial charge in [0, 0.05) is 35.7 Å². The molecule has 0 bridgehead atoms. The Bertz CT molecular complexity index is 1690. The maximum atomic E-state index is 14.1. The third-order valence-electron chi connectivity index (χ3n) is 8.67. The Morgan fingerprint density at radius 2 is 1.62 bits per heavy atom. The van der Waals surface area contributed by atoms with Crippen molar-refractivity contribution in [2.75, 3.05) is 6.54 Å². The molecule has 45 heavy (non-hydrogen) atoms. The molecule has 2 aliphatic heterocycles. The van der Waals surface area contributed by atoms with Crippen LogP contribution in [0.3, 0.4) is 0 Å². The normalized spacial score (nSPS) is 17.7. The molecule has 6 nitrogen and oxygen atoms in total. The van der Waals surface area contributed by atoms with Crippen molar-refractivity contribution < 1.29 is 19.4 Å². The first-order valence-electron chi connectivity index (χ1n) is 15.8. The third-order valence-corrected chi connectivity index (χ3v) is 8.67.